The smallest absolute Gasteiger partial charge is 0.172 e. The van der Waals surface area contributed by atoms with Crippen molar-refractivity contribution < 1.29 is 9.21 Å². The van der Waals surface area contributed by atoms with Crippen LogP contribution < -0.4 is 0 Å². The first-order valence-corrected chi connectivity index (χ1v) is 7.82. The second-order valence-electron chi connectivity index (χ2n) is 5.11. The van der Waals surface area contributed by atoms with Crippen molar-refractivity contribution in [3.8, 4) is 0 Å². The molecule has 5 heteroatoms. The van der Waals surface area contributed by atoms with Gasteiger partial charge in [0.15, 0.2) is 5.78 Å². The second-order valence-corrected chi connectivity index (χ2v) is 5.95. The van der Waals surface area contributed by atoms with Crippen LogP contribution in [0, 0.1) is 0 Å². The minimum Gasteiger partial charge on any atom is -0.469 e. The molecule has 0 fully saturated rings. The van der Waals surface area contributed by atoms with E-state index in [9.17, 15) is 4.79 Å². The molecule has 0 saturated heterocycles. The highest BCUT2D eigenvalue weighted by Gasteiger charge is 2.25. The minimum absolute atomic E-state index is 0.0567. The van der Waals surface area contributed by atoms with Gasteiger partial charge in [-0.1, -0.05) is 29.3 Å². The van der Waals surface area contributed by atoms with Gasteiger partial charge < -0.3 is 4.42 Å². The van der Waals surface area contributed by atoms with Crippen molar-refractivity contribution in [2.45, 2.75) is 12.3 Å². The van der Waals surface area contributed by atoms with Gasteiger partial charge in [0.2, 0.25) is 0 Å². The molecule has 3 nitrogen and oxygen atoms in total. The Morgan fingerprint density at radius 1 is 1.17 bits per heavy atom. The SMILES string of the molecule is O=C(c1cccnc1)C(Cc1ccco1)c1ccc(Cl)cc1Cl. The fraction of sp³-hybridized carbons (Fsp3) is 0.111. The van der Waals surface area contributed by atoms with E-state index in [1.807, 2.05) is 6.07 Å². The molecule has 3 rings (SSSR count). The number of benzene rings is 1. The number of halogens is 2. The van der Waals surface area contributed by atoms with Gasteiger partial charge in [-0.25, -0.2) is 0 Å². The normalized spacial score (nSPS) is 12.1. The molecule has 23 heavy (non-hydrogen) atoms. The van der Waals surface area contributed by atoms with Crippen molar-refractivity contribution >= 4 is 29.0 Å². The summed E-state index contributed by atoms with van der Waals surface area (Å²) >= 11 is 12.3. The van der Waals surface area contributed by atoms with Crippen molar-refractivity contribution in [1.82, 2.24) is 4.98 Å². The molecule has 1 aromatic carbocycles. The van der Waals surface area contributed by atoms with Crippen LogP contribution in [0.4, 0.5) is 0 Å². The third-order valence-electron chi connectivity index (χ3n) is 3.59. The van der Waals surface area contributed by atoms with Crippen molar-refractivity contribution in [2.24, 2.45) is 0 Å². The van der Waals surface area contributed by atoms with E-state index in [1.165, 1.54) is 0 Å². The summed E-state index contributed by atoms with van der Waals surface area (Å²) in [5.74, 6) is 0.201. The number of aromatic nitrogens is 1. The summed E-state index contributed by atoms with van der Waals surface area (Å²) in [6.45, 7) is 0. The molecule has 2 aromatic heterocycles. The maximum atomic E-state index is 12.9. The van der Waals surface area contributed by atoms with Crippen molar-refractivity contribution in [3.05, 3.63) is 88.1 Å². The zero-order chi connectivity index (χ0) is 16.2. The number of nitrogens with zero attached hydrogens (tertiary/aromatic N) is 1. The molecule has 0 spiro atoms. The number of hydrogen-bond donors (Lipinski definition) is 0. The quantitative estimate of drug-likeness (QED) is 0.597. The molecule has 0 saturated carbocycles. The first-order chi connectivity index (χ1) is 11.1. The summed E-state index contributed by atoms with van der Waals surface area (Å²) in [4.78, 5) is 17.0. The molecule has 0 aliphatic heterocycles. The lowest BCUT2D eigenvalue weighted by Crippen LogP contribution is -2.16. The summed E-state index contributed by atoms with van der Waals surface area (Å²) in [7, 11) is 0. The Hall–Kier alpha value is -2.10. The molecule has 0 bridgehead atoms. The summed E-state index contributed by atoms with van der Waals surface area (Å²) in [6, 6.07) is 12.3. The van der Waals surface area contributed by atoms with E-state index in [0.29, 0.717) is 22.0 Å². The molecule has 0 aliphatic carbocycles. The van der Waals surface area contributed by atoms with Gasteiger partial charge in [-0.2, -0.15) is 0 Å². The molecule has 3 aromatic rings. The van der Waals surface area contributed by atoms with E-state index in [4.69, 9.17) is 27.6 Å². The number of Topliss-reactive ketones (excluding diaryl/α,β-unsaturated/α-hetero) is 1. The first-order valence-electron chi connectivity index (χ1n) is 7.06. The number of ketones is 1. The predicted octanol–water partition coefficient (Wildman–Crippen LogP) is 5.19. The second kappa shape index (κ2) is 6.99. The van der Waals surface area contributed by atoms with Crippen LogP contribution in [0.5, 0.6) is 0 Å². The lowest BCUT2D eigenvalue weighted by Gasteiger charge is -2.17. The summed E-state index contributed by atoms with van der Waals surface area (Å²) < 4.78 is 5.40. The van der Waals surface area contributed by atoms with E-state index in [-0.39, 0.29) is 5.78 Å². The molecule has 1 unspecified atom stereocenters. The van der Waals surface area contributed by atoms with Gasteiger partial charge in [-0.3, -0.25) is 9.78 Å². The topological polar surface area (TPSA) is 43.1 Å². The zero-order valence-corrected chi connectivity index (χ0v) is 13.6. The first kappa shape index (κ1) is 15.8. The third-order valence-corrected chi connectivity index (χ3v) is 4.15. The Morgan fingerprint density at radius 3 is 2.70 bits per heavy atom. The van der Waals surface area contributed by atoms with Gasteiger partial charge in [0, 0.05) is 34.4 Å². The fourth-order valence-corrected chi connectivity index (χ4v) is 3.01. The number of pyridine rings is 1. The molecule has 0 N–H and O–H groups in total. The van der Waals surface area contributed by atoms with E-state index in [1.54, 1.807) is 55.1 Å². The Balaban J connectivity index is 2.01. The molecule has 0 aliphatic rings. The Morgan fingerprint density at radius 2 is 2.04 bits per heavy atom. The van der Waals surface area contributed by atoms with Crippen molar-refractivity contribution in [2.75, 3.05) is 0 Å². The standard InChI is InChI=1S/C18H13Cl2NO2/c19-13-5-6-15(17(20)9-13)16(10-14-4-2-8-23-14)18(22)12-3-1-7-21-11-12/h1-9,11,16H,10H2. The minimum atomic E-state index is -0.463. The molecule has 116 valence electrons. The lowest BCUT2D eigenvalue weighted by atomic mass is 9.87. The van der Waals surface area contributed by atoms with E-state index in [2.05, 4.69) is 4.98 Å². The number of rotatable bonds is 5. The molecular weight excluding hydrogens is 333 g/mol. The van der Waals surface area contributed by atoms with Crippen LogP contribution in [0.1, 0.15) is 27.6 Å². The Kier molecular flexibility index (Phi) is 4.79. The van der Waals surface area contributed by atoms with Crippen molar-refractivity contribution in [3.63, 3.8) is 0 Å². The summed E-state index contributed by atoms with van der Waals surface area (Å²) in [5, 5.41) is 0.996. The summed E-state index contributed by atoms with van der Waals surface area (Å²) in [6.07, 6.45) is 5.20. The summed E-state index contributed by atoms with van der Waals surface area (Å²) in [5.41, 5.74) is 1.26. The molecule has 0 radical (unpaired) electrons. The van der Waals surface area contributed by atoms with Crippen LogP contribution in [0.15, 0.2) is 65.5 Å². The zero-order valence-electron chi connectivity index (χ0n) is 12.1. The van der Waals surface area contributed by atoms with E-state index in [0.717, 1.165) is 11.3 Å². The monoisotopic (exact) mass is 345 g/mol. The largest absolute Gasteiger partial charge is 0.469 e. The van der Waals surface area contributed by atoms with Crippen LogP contribution in [-0.2, 0) is 6.42 Å². The van der Waals surface area contributed by atoms with Crippen LogP contribution >= 0.6 is 23.2 Å². The van der Waals surface area contributed by atoms with E-state index >= 15 is 0 Å². The molecule has 0 amide bonds. The highest BCUT2D eigenvalue weighted by molar-refractivity contribution is 6.35. The van der Waals surface area contributed by atoms with Gasteiger partial charge in [-0.05, 0) is 42.0 Å². The van der Waals surface area contributed by atoms with Crippen LogP contribution in [0.3, 0.4) is 0 Å². The van der Waals surface area contributed by atoms with Gasteiger partial charge in [0.05, 0.1) is 12.2 Å². The van der Waals surface area contributed by atoms with Gasteiger partial charge in [-0.15, -0.1) is 0 Å². The van der Waals surface area contributed by atoms with Gasteiger partial charge in [0.1, 0.15) is 5.76 Å². The Bertz CT molecular complexity index is 801. The molecular formula is C18H13Cl2NO2. The Labute approximate surface area is 143 Å². The van der Waals surface area contributed by atoms with Crippen LogP contribution in [-0.4, -0.2) is 10.8 Å². The number of hydrogen-bond acceptors (Lipinski definition) is 3. The molecule has 2 heterocycles. The fourth-order valence-electron chi connectivity index (χ4n) is 2.47. The lowest BCUT2D eigenvalue weighted by molar-refractivity contribution is 0.0956. The number of carbonyl (C=O) groups excluding carboxylic acids is 1. The van der Waals surface area contributed by atoms with Crippen LogP contribution in [0.25, 0.3) is 0 Å². The van der Waals surface area contributed by atoms with Gasteiger partial charge >= 0.3 is 0 Å². The molecule has 1 atom stereocenters. The number of furan rings is 1. The van der Waals surface area contributed by atoms with Crippen LogP contribution in [0.2, 0.25) is 10.0 Å². The highest BCUT2D eigenvalue weighted by Crippen LogP contribution is 2.32. The third kappa shape index (κ3) is 3.63. The highest BCUT2D eigenvalue weighted by atomic mass is 35.5. The van der Waals surface area contributed by atoms with Crippen molar-refractivity contribution in [1.29, 1.82) is 0 Å². The average Bonchev–Trinajstić information content (AvgIpc) is 3.07. The maximum Gasteiger partial charge on any atom is 0.172 e. The number of carbonyl (C=O) groups is 1. The maximum absolute atomic E-state index is 12.9. The average molecular weight is 346 g/mol. The van der Waals surface area contributed by atoms with Gasteiger partial charge in [0.25, 0.3) is 0 Å². The van der Waals surface area contributed by atoms with E-state index < -0.39 is 5.92 Å². The predicted molar refractivity (Wildman–Crippen MR) is 90.2 cm³/mol.